The summed E-state index contributed by atoms with van der Waals surface area (Å²) in [5.74, 6) is -0.929. The van der Waals surface area contributed by atoms with Gasteiger partial charge in [-0.2, -0.15) is 0 Å². The van der Waals surface area contributed by atoms with E-state index in [2.05, 4.69) is 0 Å². The van der Waals surface area contributed by atoms with Crippen LogP contribution in [-0.4, -0.2) is 55.7 Å². The van der Waals surface area contributed by atoms with Crippen LogP contribution in [0.5, 0.6) is 11.5 Å². The van der Waals surface area contributed by atoms with E-state index in [-0.39, 0.29) is 48.9 Å². The fourth-order valence-corrected chi connectivity index (χ4v) is 3.13. The molecule has 2 unspecified atom stereocenters. The lowest BCUT2D eigenvalue weighted by Gasteiger charge is -2.22. The first-order chi connectivity index (χ1) is 19.4. The van der Waals surface area contributed by atoms with E-state index < -0.39 is 36.5 Å². The molecule has 1 aromatic carbocycles. The van der Waals surface area contributed by atoms with Crippen molar-refractivity contribution in [1.29, 1.82) is 0 Å². The van der Waals surface area contributed by atoms with E-state index in [0.717, 1.165) is 25.7 Å². The fourth-order valence-electron chi connectivity index (χ4n) is 3.13. The minimum Gasteiger partial charge on any atom is -0.459 e. The zero-order valence-corrected chi connectivity index (χ0v) is 25.4. The molecule has 0 bridgehead atoms. The van der Waals surface area contributed by atoms with Crippen LogP contribution in [0, 0.1) is 11.8 Å². The quantitative estimate of drug-likeness (QED) is 0.136. The van der Waals surface area contributed by atoms with Crippen LogP contribution in [0.4, 0.5) is 9.59 Å². The summed E-state index contributed by atoms with van der Waals surface area (Å²) in [6.07, 6.45) is 0.256. The Kier molecular flexibility index (Phi) is 16.5. The van der Waals surface area contributed by atoms with Crippen molar-refractivity contribution in [2.45, 2.75) is 105 Å². The topological polar surface area (TPSA) is 150 Å². The second-order valence-electron chi connectivity index (χ2n) is 10.4. The number of nitrogens with two attached hydrogens (primary N) is 1. The zero-order chi connectivity index (χ0) is 30.9. The van der Waals surface area contributed by atoms with Crippen molar-refractivity contribution in [3.05, 3.63) is 23.8 Å². The molecule has 0 heterocycles. The molecule has 0 fully saturated rings. The lowest BCUT2D eigenvalue weighted by atomic mass is 10.1. The highest BCUT2D eigenvalue weighted by molar-refractivity contribution is 5.76. The Morgan fingerprint density at radius 3 is 1.85 bits per heavy atom. The molecule has 0 saturated carbocycles. The summed E-state index contributed by atoms with van der Waals surface area (Å²) < 4.78 is 31.6. The van der Waals surface area contributed by atoms with Crippen molar-refractivity contribution in [1.82, 2.24) is 0 Å². The number of benzene rings is 1. The number of hydrogen-bond donors (Lipinski definition) is 1. The van der Waals surface area contributed by atoms with Gasteiger partial charge in [0.2, 0.25) is 0 Å². The standard InChI is InChI=1S/C30H47NO10/c1-8-11-12-27(32)38-21(6)22(7)39-28(33)24(31)15-23-13-14-25(40-29(34)36-17-19(4)9-2)26(16-23)41-30(35)37-18-20(5)10-3/h13-14,16,19-22,24H,8-12,15,17-18,31H2,1-7H3/t19?,20?,21-,22-,24-/m0/s1. The SMILES string of the molecule is CCCCC(=O)O[C@@H](C)[C@H](C)OC(=O)[C@@H](N)Cc1ccc(OC(=O)OCC(C)CC)c(OC(=O)OCC(C)CC)c1. The molecule has 41 heavy (non-hydrogen) atoms. The van der Waals surface area contributed by atoms with Gasteiger partial charge < -0.3 is 34.2 Å². The monoisotopic (exact) mass is 581 g/mol. The van der Waals surface area contributed by atoms with Crippen LogP contribution in [0.2, 0.25) is 0 Å². The number of rotatable bonds is 17. The summed E-state index contributed by atoms with van der Waals surface area (Å²) in [6, 6.07) is 3.34. The first kappa shape index (κ1) is 35.7. The summed E-state index contributed by atoms with van der Waals surface area (Å²) in [5.41, 5.74) is 6.60. The molecule has 11 nitrogen and oxygen atoms in total. The molecule has 1 rings (SSSR count). The minimum absolute atomic E-state index is 0.0211. The van der Waals surface area contributed by atoms with E-state index in [1.165, 1.54) is 12.1 Å². The molecule has 232 valence electrons. The third-order valence-electron chi connectivity index (χ3n) is 6.53. The summed E-state index contributed by atoms with van der Waals surface area (Å²) in [6.45, 7) is 13.4. The van der Waals surface area contributed by atoms with Crippen molar-refractivity contribution < 1.29 is 47.6 Å². The van der Waals surface area contributed by atoms with E-state index >= 15 is 0 Å². The smallest absolute Gasteiger partial charge is 0.459 e. The van der Waals surface area contributed by atoms with E-state index in [4.69, 9.17) is 34.2 Å². The molecule has 1 aromatic rings. The summed E-state index contributed by atoms with van der Waals surface area (Å²) in [5, 5.41) is 0. The van der Waals surface area contributed by atoms with Crippen molar-refractivity contribution in [2.24, 2.45) is 17.6 Å². The van der Waals surface area contributed by atoms with E-state index in [0.29, 0.717) is 12.0 Å². The maximum atomic E-state index is 12.6. The van der Waals surface area contributed by atoms with Gasteiger partial charge in [-0.05, 0) is 56.2 Å². The van der Waals surface area contributed by atoms with Gasteiger partial charge in [0, 0.05) is 6.42 Å². The van der Waals surface area contributed by atoms with Gasteiger partial charge in [-0.3, -0.25) is 9.59 Å². The minimum atomic E-state index is -1.07. The highest BCUT2D eigenvalue weighted by Crippen LogP contribution is 2.30. The van der Waals surface area contributed by atoms with Crippen LogP contribution in [-0.2, 0) is 35.0 Å². The second-order valence-corrected chi connectivity index (χ2v) is 10.4. The van der Waals surface area contributed by atoms with Gasteiger partial charge in [-0.25, -0.2) is 9.59 Å². The Morgan fingerprint density at radius 2 is 1.32 bits per heavy atom. The maximum absolute atomic E-state index is 12.6. The van der Waals surface area contributed by atoms with Crippen LogP contribution in [0.3, 0.4) is 0 Å². The Morgan fingerprint density at radius 1 is 0.780 bits per heavy atom. The van der Waals surface area contributed by atoms with Gasteiger partial charge in [0.1, 0.15) is 18.2 Å². The third kappa shape index (κ3) is 14.2. The molecule has 0 aliphatic heterocycles. The van der Waals surface area contributed by atoms with Crippen molar-refractivity contribution >= 4 is 24.2 Å². The molecule has 0 aliphatic rings. The Balaban J connectivity index is 2.93. The number of carbonyl (C=O) groups excluding carboxylic acids is 4. The normalized spacial score (nSPS) is 14.5. The van der Waals surface area contributed by atoms with Crippen molar-refractivity contribution in [3.8, 4) is 11.5 Å². The first-order valence-electron chi connectivity index (χ1n) is 14.4. The van der Waals surface area contributed by atoms with Crippen LogP contribution in [0.1, 0.15) is 86.1 Å². The number of esters is 2. The molecule has 11 heteroatoms. The maximum Gasteiger partial charge on any atom is 0.513 e. The van der Waals surface area contributed by atoms with E-state index in [1.807, 2.05) is 34.6 Å². The van der Waals surface area contributed by atoms with Gasteiger partial charge in [0.25, 0.3) is 0 Å². The van der Waals surface area contributed by atoms with Crippen LogP contribution < -0.4 is 15.2 Å². The number of hydrogen-bond acceptors (Lipinski definition) is 11. The molecule has 0 aromatic heterocycles. The van der Waals surface area contributed by atoms with Gasteiger partial charge >= 0.3 is 24.2 Å². The molecule has 0 saturated heterocycles. The Bertz CT molecular complexity index is 982. The largest absolute Gasteiger partial charge is 0.513 e. The molecular weight excluding hydrogens is 534 g/mol. The Labute approximate surface area is 243 Å². The van der Waals surface area contributed by atoms with Crippen molar-refractivity contribution in [3.63, 3.8) is 0 Å². The highest BCUT2D eigenvalue weighted by atomic mass is 16.7. The summed E-state index contributed by atoms with van der Waals surface area (Å²) in [7, 11) is 0. The lowest BCUT2D eigenvalue weighted by molar-refractivity contribution is -0.166. The lowest BCUT2D eigenvalue weighted by Crippen LogP contribution is -2.39. The average Bonchev–Trinajstić information content (AvgIpc) is 2.94. The molecule has 2 N–H and O–H groups in total. The van der Waals surface area contributed by atoms with Crippen LogP contribution >= 0.6 is 0 Å². The zero-order valence-electron chi connectivity index (χ0n) is 25.4. The second kappa shape index (κ2) is 18.9. The number of ether oxygens (including phenoxy) is 6. The molecular formula is C30H47NO10. The highest BCUT2D eigenvalue weighted by Gasteiger charge is 2.25. The van der Waals surface area contributed by atoms with Gasteiger partial charge in [-0.15, -0.1) is 0 Å². The van der Waals surface area contributed by atoms with Crippen molar-refractivity contribution in [2.75, 3.05) is 13.2 Å². The van der Waals surface area contributed by atoms with E-state index in [9.17, 15) is 19.2 Å². The van der Waals surface area contributed by atoms with E-state index in [1.54, 1.807) is 19.9 Å². The predicted octanol–water partition coefficient (Wildman–Crippen LogP) is 5.73. The van der Waals surface area contributed by atoms with Crippen LogP contribution in [0.15, 0.2) is 18.2 Å². The first-order valence-corrected chi connectivity index (χ1v) is 14.4. The van der Waals surface area contributed by atoms with Gasteiger partial charge in [0.05, 0.1) is 13.2 Å². The molecule has 0 aliphatic carbocycles. The molecule has 0 spiro atoms. The number of carbonyl (C=O) groups is 4. The summed E-state index contributed by atoms with van der Waals surface area (Å²) >= 11 is 0. The van der Waals surface area contributed by atoms with Gasteiger partial charge in [0.15, 0.2) is 11.5 Å². The average molecular weight is 582 g/mol. The van der Waals surface area contributed by atoms with Gasteiger partial charge in [-0.1, -0.05) is 59.9 Å². The van der Waals surface area contributed by atoms with Crippen LogP contribution in [0.25, 0.3) is 0 Å². The molecule has 5 atom stereocenters. The molecule has 0 amide bonds. The fraction of sp³-hybridized carbons (Fsp3) is 0.667. The predicted molar refractivity (Wildman–Crippen MR) is 152 cm³/mol. The third-order valence-corrected chi connectivity index (χ3v) is 6.53. The Hall–Kier alpha value is -3.34. The summed E-state index contributed by atoms with van der Waals surface area (Å²) in [4.78, 5) is 49.1. The molecule has 0 radical (unpaired) electrons. The number of unbranched alkanes of at least 4 members (excludes halogenated alkanes) is 1.